The van der Waals surface area contributed by atoms with Crippen molar-refractivity contribution in [3.63, 3.8) is 0 Å². The molecule has 0 bridgehead atoms. The molecule has 2 fully saturated rings. The average Bonchev–Trinajstić information content (AvgIpc) is 2.56. The number of sulfonamides is 1. The van der Waals surface area contributed by atoms with Crippen molar-refractivity contribution in [2.75, 3.05) is 13.1 Å². The second kappa shape index (κ2) is 7.97. The Morgan fingerprint density at radius 2 is 1.61 bits per heavy atom. The number of nitrogens with zero attached hydrogens (tertiary/aromatic N) is 1. The summed E-state index contributed by atoms with van der Waals surface area (Å²) >= 11 is 0. The van der Waals surface area contributed by atoms with Crippen molar-refractivity contribution >= 4 is 22.4 Å². The van der Waals surface area contributed by atoms with Gasteiger partial charge in [0, 0.05) is 19.1 Å². The van der Waals surface area contributed by atoms with Crippen LogP contribution in [0.1, 0.15) is 56.4 Å². The molecule has 1 saturated heterocycles. The highest BCUT2D eigenvalue weighted by Crippen LogP contribution is 2.33. The summed E-state index contributed by atoms with van der Waals surface area (Å²) in [6, 6.07) is 7.53. The lowest BCUT2D eigenvalue weighted by molar-refractivity contribution is 0.316. The summed E-state index contributed by atoms with van der Waals surface area (Å²) in [5, 5.41) is 0. The molecule has 6 heteroatoms. The Balaban J connectivity index is 0.00000192. The number of benzene rings is 1. The second-order valence-electron chi connectivity index (χ2n) is 6.67. The molecule has 0 aromatic heterocycles. The summed E-state index contributed by atoms with van der Waals surface area (Å²) in [6.45, 7) is 1.02. The smallest absolute Gasteiger partial charge is 0.243 e. The lowest BCUT2D eigenvalue weighted by Gasteiger charge is -2.30. The maximum Gasteiger partial charge on any atom is 0.243 e. The molecule has 0 unspecified atom stereocenters. The Morgan fingerprint density at radius 3 is 2.22 bits per heavy atom. The first-order chi connectivity index (χ1) is 10.6. The van der Waals surface area contributed by atoms with E-state index in [1.54, 1.807) is 12.1 Å². The molecule has 1 aromatic carbocycles. The van der Waals surface area contributed by atoms with Crippen LogP contribution < -0.4 is 5.73 Å². The van der Waals surface area contributed by atoms with Gasteiger partial charge in [0.1, 0.15) is 0 Å². The van der Waals surface area contributed by atoms with Crippen molar-refractivity contribution in [2.45, 2.75) is 61.8 Å². The first-order valence-corrected chi connectivity index (χ1v) is 9.87. The van der Waals surface area contributed by atoms with E-state index in [-0.39, 0.29) is 18.4 Å². The van der Waals surface area contributed by atoms with E-state index < -0.39 is 10.0 Å². The molecule has 23 heavy (non-hydrogen) atoms. The van der Waals surface area contributed by atoms with Gasteiger partial charge in [0.05, 0.1) is 4.90 Å². The maximum absolute atomic E-state index is 12.7. The van der Waals surface area contributed by atoms with Gasteiger partial charge in [0.2, 0.25) is 10.0 Å². The number of hydrogen-bond acceptors (Lipinski definition) is 3. The van der Waals surface area contributed by atoms with E-state index in [2.05, 4.69) is 0 Å². The highest BCUT2D eigenvalue weighted by Gasteiger charge is 2.29. The van der Waals surface area contributed by atoms with E-state index in [0.717, 1.165) is 12.8 Å². The van der Waals surface area contributed by atoms with Crippen molar-refractivity contribution in [2.24, 2.45) is 5.73 Å². The summed E-state index contributed by atoms with van der Waals surface area (Å²) in [5.41, 5.74) is 7.20. The van der Waals surface area contributed by atoms with Crippen LogP contribution in [0.2, 0.25) is 0 Å². The Bertz CT molecular complexity index is 598. The molecule has 3 rings (SSSR count). The van der Waals surface area contributed by atoms with Crippen LogP contribution in [-0.4, -0.2) is 31.9 Å². The lowest BCUT2D eigenvalue weighted by atomic mass is 9.84. The molecule has 1 heterocycles. The molecule has 0 amide bonds. The molecule has 2 aliphatic rings. The molecule has 2 N–H and O–H groups in total. The van der Waals surface area contributed by atoms with Crippen LogP contribution in [0.3, 0.4) is 0 Å². The molecule has 130 valence electrons. The molecule has 1 aromatic rings. The van der Waals surface area contributed by atoms with E-state index in [0.29, 0.717) is 23.9 Å². The van der Waals surface area contributed by atoms with Crippen molar-refractivity contribution in [1.82, 2.24) is 4.31 Å². The van der Waals surface area contributed by atoms with Gasteiger partial charge in [-0.1, -0.05) is 31.4 Å². The summed E-state index contributed by atoms with van der Waals surface area (Å²) in [5.74, 6) is 0.605. The van der Waals surface area contributed by atoms with Crippen molar-refractivity contribution in [3.8, 4) is 0 Å². The van der Waals surface area contributed by atoms with E-state index >= 15 is 0 Å². The van der Waals surface area contributed by atoms with Gasteiger partial charge in [0.15, 0.2) is 0 Å². The Morgan fingerprint density at radius 1 is 0.957 bits per heavy atom. The zero-order valence-electron chi connectivity index (χ0n) is 13.5. The Hall–Kier alpha value is -0.620. The summed E-state index contributed by atoms with van der Waals surface area (Å²) < 4.78 is 26.9. The van der Waals surface area contributed by atoms with Crippen LogP contribution in [0.5, 0.6) is 0 Å². The van der Waals surface area contributed by atoms with E-state index in [1.165, 1.54) is 42.0 Å². The van der Waals surface area contributed by atoms with Gasteiger partial charge in [-0.2, -0.15) is 4.31 Å². The molecule has 1 saturated carbocycles. The quantitative estimate of drug-likeness (QED) is 0.901. The first kappa shape index (κ1) is 18.7. The number of piperidine rings is 1. The van der Waals surface area contributed by atoms with Gasteiger partial charge in [0.25, 0.3) is 0 Å². The molecule has 0 spiro atoms. The van der Waals surface area contributed by atoms with Gasteiger partial charge in [-0.3, -0.25) is 0 Å². The zero-order valence-corrected chi connectivity index (χ0v) is 15.1. The molecule has 0 radical (unpaired) electrons. The molecule has 1 aliphatic carbocycles. The van der Waals surface area contributed by atoms with Crippen LogP contribution in [0.25, 0.3) is 0 Å². The van der Waals surface area contributed by atoms with Crippen LogP contribution in [0, 0.1) is 0 Å². The van der Waals surface area contributed by atoms with E-state index in [1.807, 2.05) is 12.1 Å². The highest BCUT2D eigenvalue weighted by atomic mass is 35.5. The van der Waals surface area contributed by atoms with Crippen LogP contribution >= 0.6 is 12.4 Å². The van der Waals surface area contributed by atoms with Crippen LogP contribution in [-0.2, 0) is 10.0 Å². The topological polar surface area (TPSA) is 63.4 Å². The Labute approximate surface area is 145 Å². The van der Waals surface area contributed by atoms with Gasteiger partial charge in [-0.05, 0) is 49.3 Å². The fourth-order valence-corrected chi connectivity index (χ4v) is 5.22. The number of nitrogens with two attached hydrogens (primary N) is 1. The van der Waals surface area contributed by atoms with Gasteiger partial charge in [-0.25, -0.2) is 8.42 Å². The number of halogens is 1. The average molecular weight is 359 g/mol. The van der Waals surface area contributed by atoms with Crippen molar-refractivity contribution < 1.29 is 8.42 Å². The van der Waals surface area contributed by atoms with Crippen LogP contribution in [0.4, 0.5) is 0 Å². The minimum Gasteiger partial charge on any atom is -0.327 e. The molecule has 1 aliphatic heterocycles. The predicted molar refractivity (Wildman–Crippen MR) is 95.5 cm³/mol. The van der Waals surface area contributed by atoms with E-state index in [4.69, 9.17) is 5.73 Å². The molecule has 1 atom stereocenters. The predicted octanol–water partition coefficient (Wildman–Crippen LogP) is 3.27. The van der Waals surface area contributed by atoms with E-state index in [9.17, 15) is 8.42 Å². The standard InChI is InChI=1S/C17H26N2O2S.ClH/c18-16-7-4-12-19(13-16)22(20,21)17-10-8-15(9-11-17)14-5-2-1-3-6-14;/h8-11,14,16H,1-7,12-13,18H2;1H/t16-;/m1./s1. The molecule has 4 nitrogen and oxygen atoms in total. The van der Waals surface area contributed by atoms with Crippen molar-refractivity contribution in [1.29, 1.82) is 0 Å². The fourth-order valence-electron chi connectivity index (χ4n) is 3.69. The third kappa shape index (κ3) is 4.27. The fraction of sp³-hybridized carbons (Fsp3) is 0.647. The lowest BCUT2D eigenvalue weighted by Crippen LogP contribution is -2.45. The highest BCUT2D eigenvalue weighted by molar-refractivity contribution is 7.89. The summed E-state index contributed by atoms with van der Waals surface area (Å²) in [6.07, 6.45) is 8.12. The molecular weight excluding hydrogens is 332 g/mol. The number of hydrogen-bond donors (Lipinski definition) is 1. The normalized spacial score (nSPS) is 24.1. The largest absolute Gasteiger partial charge is 0.327 e. The van der Waals surface area contributed by atoms with Crippen LogP contribution in [0.15, 0.2) is 29.2 Å². The second-order valence-corrected chi connectivity index (χ2v) is 8.61. The van der Waals surface area contributed by atoms with Gasteiger partial charge < -0.3 is 5.73 Å². The van der Waals surface area contributed by atoms with Gasteiger partial charge >= 0.3 is 0 Å². The Kier molecular flexibility index (Phi) is 6.48. The minimum absolute atomic E-state index is 0. The van der Waals surface area contributed by atoms with Gasteiger partial charge in [-0.15, -0.1) is 12.4 Å². The van der Waals surface area contributed by atoms with Crippen molar-refractivity contribution in [3.05, 3.63) is 29.8 Å². The summed E-state index contributed by atoms with van der Waals surface area (Å²) in [4.78, 5) is 0.404. The summed E-state index contributed by atoms with van der Waals surface area (Å²) in [7, 11) is -3.39. The first-order valence-electron chi connectivity index (χ1n) is 8.43. The minimum atomic E-state index is -3.39. The SMILES string of the molecule is Cl.N[C@@H]1CCCN(S(=O)(=O)c2ccc(C3CCCCC3)cc2)C1. The third-order valence-corrected chi connectivity index (χ3v) is 6.89. The zero-order chi connectivity index (χ0) is 15.6. The maximum atomic E-state index is 12.7. The number of rotatable bonds is 3. The monoisotopic (exact) mass is 358 g/mol. The third-order valence-electron chi connectivity index (χ3n) is 5.02. The molecular formula is C17H27ClN2O2S.